The van der Waals surface area contributed by atoms with Crippen molar-refractivity contribution >= 4 is 29.3 Å². The van der Waals surface area contributed by atoms with Crippen molar-refractivity contribution in [1.29, 1.82) is 0 Å². The summed E-state index contributed by atoms with van der Waals surface area (Å²) >= 11 is 0. The molecule has 1 aliphatic rings. The highest BCUT2D eigenvalue weighted by atomic mass is 28.4. The van der Waals surface area contributed by atoms with Gasteiger partial charge in [-0.05, 0) is 6.04 Å². The molecule has 0 aliphatic carbocycles. The second kappa shape index (κ2) is 10.7. The molecule has 1 saturated heterocycles. The van der Waals surface area contributed by atoms with Gasteiger partial charge in [-0.3, -0.25) is 0 Å². The lowest BCUT2D eigenvalue weighted by molar-refractivity contribution is 0.320. The molecule has 1 fully saturated rings. The van der Waals surface area contributed by atoms with Crippen molar-refractivity contribution in [3.63, 3.8) is 0 Å². The van der Waals surface area contributed by atoms with Gasteiger partial charge in [-0.1, -0.05) is 58.3 Å². The SMILES string of the molecule is CCCCCCCCCC[SiH]1O[SiH2]O[SiH2]O1. The molecular weight excluding hydrogens is 252 g/mol. The topological polar surface area (TPSA) is 27.7 Å². The monoisotopic (exact) mass is 278 g/mol. The van der Waals surface area contributed by atoms with Crippen LogP contribution in [-0.2, 0) is 12.3 Å². The summed E-state index contributed by atoms with van der Waals surface area (Å²) in [5.41, 5.74) is 0. The quantitative estimate of drug-likeness (QED) is 0.471. The first kappa shape index (κ1) is 14.6. The van der Waals surface area contributed by atoms with Gasteiger partial charge < -0.3 is 12.3 Å². The molecule has 0 aromatic heterocycles. The Kier molecular flexibility index (Phi) is 9.73. The maximum absolute atomic E-state index is 5.61. The molecular formula is C10H26O3Si3. The van der Waals surface area contributed by atoms with E-state index in [1.54, 1.807) is 0 Å². The summed E-state index contributed by atoms with van der Waals surface area (Å²) in [5, 5.41) is 0. The van der Waals surface area contributed by atoms with Gasteiger partial charge in [0.15, 0.2) is 0 Å². The third-order valence-electron chi connectivity index (χ3n) is 2.97. The van der Waals surface area contributed by atoms with Gasteiger partial charge >= 0.3 is 9.28 Å². The molecule has 0 N–H and O–H groups in total. The summed E-state index contributed by atoms with van der Waals surface area (Å²) in [6, 6.07) is 1.22. The van der Waals surface area contributed by atoms with Gasteiger partial charge in [0.05, 0.1) is 0 Å². The standard InChI is InChI=1S/C10H26O3Si3/c1-2-3-4-5-6-7-8-9-10-16-12-14-11-15-13-16/h16H,2-10,14-15H2,1H3. The third-order valence-corrected chi connectivity index (χ3v) is 9.24. The number of rotatable bonds is 9. The number of hydrogen-bond acceptors (Lipinski definition) is 3. The minimum Gasteiger partial charge on any atom is -0.425 e. The van der Waals surface area contributed by atoms with Gasteiger partial charge in [0.1, 0.15) is 0 Å². The van der Waals surface area contributed by atoms with Crippen LogP contribution in [0.3, 0.4) is 0 Å². The molecule has 0 atom stereocenters. The average molecular weight is 279 g/mol. The van der Waals surface area contributed by atoms with E-state index in [0.29, 0.717) is 0 Å². The van der Waals surface area contributed by atoms with Crippen molar-refractivity contribution in [1.82, 2.24) is 0 Å². The summed E-state index contributed by atoms with van der Waals surface area (Å²) in [6.07, 6.45) is 11.1. The highest BCUT2D eigenvalue weighted by Gasteiger charge is 2.16. The highest BCUT2D eigenvalue weighted by Crippen LogP contribution is 2.12. The second-order valence-electron chi connectivity index (χ2n) is 4.47. The van der Waals surface area contributed by atoms with E-state index < -0.39 is 29.3 Å². The Hall–Kier alpha value is 0.531. The van der Waals surface area contributed by atoms with Gasteiger partial charge in [-0.2, -0.15) is 0 Å². The molecule has 1 heterocycles. The van der Waals surface area contributed by atoms with Crippen molar-refractivity contribution in [3.05, 3.63) is 0 Å². The minimum atomic E-state index is -1.20. The van der Waals surface area contributed by atoms with E-state index in [-0.39, 0.29) is 0 Å². The molecule has 0 aromatic carbocycles. The molecule has 16 heavy (non-hydrogen) atoms. The zero-order chi connectivity index (χ0) is 11.5. The average Bonchev–Trinajstić information content (AvgIpc) is 2.34. The van der Waals surface area contributed by atoms with Crippen LogP contribution in [0, 0.1) is 0 Å². The first-order chi connectivity index (χ1) is 7.93. The minimum absolute atomic E-state index is 0.594. The smallest absolute Gasteiger partial charge is 0.303 e. The molecule has 0 spiro atoms. The lowest BCUT2D eigenvalue weighted by Crippen LogP contribution is -2.34. The van der Waals surface area contributed by atoms with Gasteiger partial charge in [0.2, 0.25) is 0 Å². The molecule has 0 bridgehead atoms. The molecule has 6 heteroatoms. The van der Waals surface area contributed by atoms with Gasteiger partial charge in [-0.25, -0.2) is 0 Å². The maximum atomic E-state index is 5.61. The van der Waals surface area contributed by atoms with E-state index >= 15 is 0 Å². The molecule has 1 rings (SSSR count). The molecule has 0 aromatic rings. The van der Waals surface area contributed by atoms with Crippen LogP contribution in [0.4, 0.5) is 0 Å². The van der Waals surface area contributed by atoms with Crippen LogP contribution in [0.1, 0.15) is 58.3 Å². The fourth-order valence-electron chi connectivity index (χ4n) is 1.94. The van der Waals surface area contributed by atoms with E-state index in [1.807, 2.05) is 0 Å². The Balaban J connectivity index is 1.77. The van der Waals surface area contributed by atoms with Crippen molar-refractivity contribution in [2.45, 2.75) is 64.3 Å². The van der Waals surface area contributed by atoms with E-state index in [2.05, 4.69) is 6.92 Å². The van der Waals surface area contributed by atoms with Gasteiger partial charge in [-0.15, -0.1) is 0 Å². The predicted molar refractivity (Wildman–Crippen MR) is 74.9 cm³/mol. The van der Waals surface area contributed by atoms with Crippen LogP contribution < -0.4 is 0 Å². The molecule has 1 aliphatic heterocycles. The van der Waals surface area contributed by atoms with Gasteiger partial charge in [0.25, 0.3) is 20.0 Å². The number of hydrogen-bond donors (Lipinski definition) is 0. The largest absolute Gasteiger partial charge is 0.425 e. The van der Waals surface area contributed by atoms with E-state index in [1.165, 1.54) is 57.4 Å². The van der Waals surface area contributed by atoms with Crippen LogP contribution in [0.25, 0.3) is 0 Å². The number of unbranched alkanes of at least 4 members (excludes halogenated alkanes) is 7. The van der Waals surface area contributed by atoms with Crippen molar-refractivity contribution in [2.75, 3.05) is 0 Å². The molecule has 0 unspecified atom stereocenters. The predicted octanol–water partition coefficient (Wildman–Crippen LogP) is 1.41. The van der Waals surface area contributed by atoms with Crippen LogP contribution in [0.15, 0.2) is 0 Å². The molecule has 0 amide bonds. The Morgan fingerprint density at radius 3 is 2.00 bits per heavy atom. The lowest BCUT2D eigenvalue weighted by atomic mass is 10.1. The van der Waals surface area contributed by atoms with Crippen molar-refractivity contribution in [2.24, 2.45) is 0 Å². The summed E-state index contributed by atoms with van der Waals surface area (Å²) in [7, 11) is -2.39. The zero-order valence-electron chi connectivity index (χ0n) is 10.6. The first-order valence-corrected chi connectivity index (χ1v) is 10.8. The first-order valence-electron chi connectivity index (χ1n) is 6.74. The van der Waals surface area contributed by atoms with E-state index in [0.717, 1.165) is 0 Å². The third kappa shape index (κ3) is 7.75. The van der Waals surface area contributed by atoms with Crippen LogP contribution in [-0.4, -0.2) is 29.3 Å². The Morgan fingerprint density at radius 1 is 0.812 bits per heavy atom. The Morgan fingerprint density at radius 2 is 1.38 bits per heavy atom. The summed E-state index contributed by atoms with van der Waals surface area (Å²) < 4.78 is 16.5. The van der Waals surface area contributed by atoms with Gasteiger partial charge in [0, 0.05) is 0 Å². The summed E-state index contributed by atoms with van der Waals surface area (Å²) in [5.74, 6) is 0. The van der Waals surface area contributed by atoms with Crippen LogP contribution in [0.5, 0.6) is 0 Å². The summed E-state index contributed by atoms with van der Waals surface area (Å²) in [4.78, 5) is 0. The molecule has 0 saturated carbocycles. The van der Waals surface area contributed by atoms with E-state index in [4.69, 9.17) is 12.3 Å². The Labute approximate surface area is 106 Å². The van der Waals surface area contributed by atoms with Crippen molar-refractivity contribution < 1.29 is 12.3 Å². The fraction of sp³-hybridized carbons (Fsp3) is 1.00. The highest BCUT2D eigenvalue weighted by molar-refractivity contribution is 6.61. The maximum Gasteiger partial charge on any atom is 0.303 e. The normalized spacial score (nSPS) is 24.2. The fourth-order valence-corrected chi connectivity index (χ4v) is 9.14. The summed E-state index contributed by atoms with van der Waals surface area (Å²) in [6.45, 7) is 2.27. The molecule has 0 radical (unpaired) electrons. The second-order valence-corrected chi connectivity index (χ2v) is 10.7. The van der Waals surface area contributed by atoms with E-state index in [9.17, 15) is 0 Å². The lowest BCUT2D eigenvalue weighted by Gasteiger charge is -2.21. The van der Waals surface area contributed by atoms with Crippen molar-refractivity contribution in [3.8, 4) is 0 Å². The zero-order valence-corrected chi connectivity index (χ0v) is 14.6. The van der Waals surface area contributed by atoms with Crippen LogP contribution >= 0.6 is 0 Å². The Bertz CT molecular complexity index is 154. The molecule has 96 valence electrons. The van der Waals surface area contributed by atoms with Crippen LogP contribution in [0.2, 0.25) is 6.04 Å². The molecule has 3 nitrogen and oxygen atoms in total.